The van der Waals surface area contributed by atoms with Crippen LogP contribution in [0.1, 0.15) is 42.1 Å². The fourth-order valence-electron chi connectivity index (χ4n) is 4.77. The molecule has 0 radical (unpaired) electrons. The molecule has 0 saturated carbocycles. The van der Waals surface area contributed by atoms with Crippen molar-refractivity contribution >= 4 is 44.9 Å². The van der Waals surface area contributed by atoms with Gasteiger partial charge in [-0.25, -0.2) is 0 Å². The molecule has 29 heavy (non-hydrogen) atoms. The molecule has 0 amide bonds. The predicted octanol–water partition coefficient (Wildman–Crippen LogP) is 6.32. The summed E-state index contributed by atoms with van der Waals surface area (Å²) >= 11 is 1.66. The predicted molar refractivity (Wildman–Crippen MR) is 127 cm³/mol. The smallest absolute Gasteiger partial charge is 0.0652 e. The third-order valence-corrected chi connectivity index (χ3v) is 7.15. The van der Waals surface area contributed by atoms with E-state index in [0.717, 1.165) is 6.42 Å². The van der Waals surface area contributed by atoms with Crippen molar-refractivity contribution in [2.75, 3.05) is 19.6 Å². The van der Waals surface area contributed by atoms with Gasteiger partial charge in [-0.1, -0.05) is 36.4 Å². The van der Waals surface area contributed by atoms with E-state index in [1.807, 2.05) is 0 Å². The number of hydrogen-bond acceptors (Lipinski definition) is 3. The van der Waals surface area contributed by atoms with Crippen molar-refractivity contribution in [2.24, 2.45) is 0 Å². The molecule has 1 aliphatic heterocycles. The molecule has 5 heteroatoms. The zero-order chi connectivity index (χ0) is 18.9. The van der Waals surface area contributed by atoms with Gasteiger partial charge in [-0.2, -0.15) is 4.37 Å². The van der Waals surface area contributed by atoms with Crippen molar-refractivity contribution in [3.05, 3.63) is 65.5 Å². The molecule has 2 aromatic heterocycles. The largest absolute Gasteiger partial charge is 0.358 e. The maximum Gasteiger partial charge on any atom is 0.0652 e. The minimum atomic E-state index is 0. The van der Waals surface area contributed by atoms with Gasteiger partial charge in [-0.3, -0.25) is 0 Å². The molecule has 1 saturated heterocycles. The van der Waals surface area contributed by atoms with Crippen LogP contribution in [-0.2, 0) is 6.42 Å². The van der Waals surface area contributed by atoms with E-state index in [9.17, 15) is 0 Å². The van der Waals surface area contributed by atoms with Crippen LogP contribution in [0.4, 0.5) is 0 Å². The van der Waals surface area contributed by atoms with E-state index in [0.29, 0.717) is 5.92 Å². The van der Waals surface area contributed by atoms with Crippen molar-refractivity contribution in [3.8, 4) is 0 Å². The summed E-state index contributed by atoms with van der Waals surface area (Å²) in [5.41, 5.74) is 5.44. The first-order valence-corrected chi connectivity index (χ1v) is 11.2. The molecule has 1 aliphatic rings. The van der Waals surface area contributed by atoms with Crippen molar-refractivity contribution in [3.63, 3.8) is 0 Å². The van der Waals surface area contributed by atoms with Crippen LogP contribution in [-0.4, -0.2) is 33.9 Å². The molecule has 1 N–H and O–H groups in total. The van der Waals surface area contributed by atoms with Crippen LogP contribution in [0.3, 0.4) is 0 Å². The Morgan fingerprint density at radius 2 is 1.76 bits per heavy atom. The minimum absolute atomic E-state index is 0. The molecular formula is C24H28ClN3S. The second kappa shape index (κ2) is 8.86. The number of rotatable bonds is 5. The normalized spacial score (nSPS) is 15.8. The standard InChI is InChI=1S/C24H27N3S.ClH/c1-17-19(20-7-2-4-10-22(20)25-17)9-6-14-27-15-12-18(13-16-27)24-21-8-3-5-11-23(21)28-26-24;/h2-5,7-8,10-11,18,25H,6,9,12-16H2,1H3;1H. The summed E-state index contributed by atoms with van der Waals surface area (Å²) in [6.07, 6.45) is 4.86. The number of H-pyrrole nitrogens is 1. The number of para-hydroxylation sites is 1. The Morgan fingerprint density at radius 1 is 1.03 bits per heavy atom. The Kier molecular flexibility index (Phi) is 6.23. The Balaban J connectivity index is 0.00000205. The molecule has 0 atom stereocenters. The van der Waals surface area contributed by atoms with Gasteiger partial charge in [-0.05, 0) is 81.5 Å². The molecule has 4 aromatic rings. The van der Waals surface area contributed by atoms with Crippen LogP contribution in [0, 0.1) is 6.92 Å². The summed E-state index contributed by atoms with van der Waals surface area (Å²) in [7, 11) is 0. The van der Waals surface area contributed by atoms with Gasteiger partial charge in [0.15, 0.2) is 0 Å². The highest BCUT2D eigenvalue weighted by molar-refractivity contribution is 7.13. The van der Waals surface area contributed by atoms with Crippen LogP contribution in [0.2, 0.25) is 0 Å². The fourth-order valence-corrected chi connectivity index (χ4v) is 5.62. The zero-order valence-electron chi connectivity index (χ0n) is 16.9. The maximum absolute atomic E-state index is 4.80. The lowest BCUT2D eigenvalue weighted by Crippen LogP contribution is -2.34. The van der Waals surface area contributed by atoms with Gasteiger partial charge in [0, 0.05) is 27.9 Å². The lowest BCUT2D eigenvalue weighted by Gasteiger charge is -2.31. The Labute approximate surface area is 182 Å². The number of likely N-dealkylation sites (tertiary alicyclic amines) is 1. The van der Waals surface area contributed by atoms with Crippen molar-refractivity contribution < 1.29 is 0 Å². The highest BCUT2D eigenvalue weighted by Gasteiger charge is 2.23. The van der Waals surface area contributed by atoms with E-state index >= 15 is 0 Å². The van der Waals surface area contributed by atoms with Gasteiger partial charge in [0.25, 0.3) is 0 Å². The Hall–Kier alpha value is -1.88. The minimum Gasteiger partial charge on any atom is -0.358 e. The monoisotopic (exact) mass is 425 g/mol. The van der Waals surface area contributed by atoms with E-state index in [4.69, 9.17) is 4.37 Å². The van der Waals surface area contributed by atoms with E-state index < -0.39 is 0 Å². The molecule has 152 valence electrons. The number of nitrogens with zero attached hydrogens (tertiary/aromatic N) is 2. The first-order valence-electron chi connectivity index (χ1n) is 10.4. The third-order valence-electron chi connectivity index (χ3n) is 6.31. The van der Waals surface area contributed by atoms with E-state index in [1.54, 1.807) is 11.5 Å². The zero-order valence-corrected chi connectivity index (χ0v) is 18.5. The van der Waals surface area contributed by atoms with Gasteiger partial charge in [0.2, 0.25) is 0 Å². The lowest BCUT2D eigenvalue weighted by atomic mass is 9.91. The topological polar surface area (TPSA) is 31.9 Å². The first-order chi connectivity index (χ1) is 13.8. The number of benzene rings is 2. The highest BCUT2D eigenvalue weighted by Crippen LogP contribution is 2.34. The molecule has 5 rings (SSSR count). The fraction of sp³-hybridized carbons (Fsp3) is 0.375. The molecule has 0 unspecified atom stereocenters. The summed E-state index contributed by atoms with van der Waals surface area (Å²) in [5, 5.41) is 2.77. The number of aryl methyl sites for hydroxylation is 2. The van der Waals surface area contributed by atoms with Crippen LogP contribution in [0.25, 0.3) is 21.0 Å². The van der Waals surface area contributed by atoms with Crippen LogP contribution >= 0.6 is 23.9 Å². The van der Waals surface area contributed by atoms with E-state index in [2.05, 4.69) is 65.3 Å². The quantitative estimate of drug-likeness (QED) is 0.405. The summed E-state index contributed by atoms with van der Waals surface area (Å²) < 4.78 is 6.13. The second-order valence-electron chi connectivity index (χ2n) is 8.06. The summed E-state index contributed by atoms with van der Waals surface area (Å²) in [6.45, 7) is 5.80. The Bertz CT molecular complexity index is 1090. The van der Waals surface area contributed by atoms with Gasteiger partial charge in [0.05, 0.1) is 10.4 Å². The van der Waals surface area contributed by atoms with Gasteiger partial charge < -0.3 is 9.88 Å². The number of piperidine rings is 1. The molecular weight excluding hydrogens is 398 g/mol. The molecule has 2 aromatic carbocycles. The number of hydrogen-bond donors (Lipinski definition) is 1. The van der Waals surface area contributed by atoms with Crippen molar-refractivity contribution in [1.82, 2.24) is 14.3 Å². The molecule has 0 aliphatic carbocycles. The molecule has 1 fully saturated rings. The van der Waals surface area contributed by atoms with Gasteiger partial charge >= 0.3 is 0 Å². The first kappa shape index (κ1) is 20.4. The molecule has 3 nitrogen and oxygen atoms in total. The summed E-state index contributed by atoms with van der Waals surface area (Å²) in [4.78, 5) is 6.18. The van der Waals surface area contributed by atoms with Crippen LogP contribution in [0.5, 0.6) is 0 Å². The van der Waals surface area contributed by atoms with Crippen LogP contribution < -0.4 is 0 Å². The number of aromatic nitrogens is 2. The SMILES string of the molecule is Cc1[nH]c2ccccc2c1CCCN1CCC(c2nsc3ccccc23)CC1.Cl. The number of fused-ring (bicyclic) bond motifs is 2. The van der Waals surface area contributed by atoms with E-state index in [-0.39, 0.29) is 12.4 Å². The summed E-state index contributed by atoms with van der Waals surface area (Å²) in [6, 6.07) is 17.4. The number of halogens is 1. The highest BCUT2D eigenvalue weighted by atomic mass is 35.5. The molecule has 3 heterocycles. The lowest BCUT2D eigenvalue weighted by molar-refractivity contribution is 0.209. The Morgan fingerprint density at radius 3 is 2.59 bits per heavy atom. The average Bonchev–Trinajstić information content (AvgIpc) is 3.30. The van der Waals surface area contributed by atoms with Gasteiger partial charge in [-0.15, -0.1) is 12.4 Å². The van der Waals surface area contributed by atoms with Crippen LogP contribution in [0.15, 0.2) is 48.5 Å². The van der Waals surface area contributed by atoms with Crippen molar-refractivity contribution in [1.29, 1.82) is 0 Å². The van der Waals surface area contributed by atoms with Gasteiger partial charge in [0.1, 0.15) is 0 Å². The summed E-state index contributed by atoms with van der Waals surface area (Å²) in [5.74, 6) is 0.628. The molecule has 0 spiro atoms. The average molecular weight is 426 g/mol. The second-order valence-corrected chi connectivity index (χ2v) is 8.86. The number of aromatic amines is 1. The van der Waals surface area contributed by atoms with E-state index in [1.165, 1.54) is 76.8 Å². The third kappa shape index (κ3) is 4.07. The number of nitrogens with one attached hydrogen (secondary N) is 1. The van der Waals surface area contributed by atoms with Crippen molar-refractivity contribution in [2.45, 2.75) is 38.5 Å². The molecule has 0 bridgehead atoms. The maximum atomic E-state index is 4.80.